The van der Waals surface area contributed by atoms with Gasteiger partial charge in [0.25, 0.3) is 0 Å². The number of ether oxygens (including phenoxy) is 2. The van der Waals surface area contributed by atoms with E-state index in [-0.39, 0.29) is 11.8 Å². The summed E-state index contributed by atoms with van der Waals surface area (Å²) in [5, 5.41) is 2.92. The van der Waals surface area contributed by atoms with Crippen LogP contribution in [0, 0.1) is 6.92 Å². The quantitative estimate of drug-likeness (QED) is 0.943. The number of amides is 1. The van der Waals surface area contributed by atoms with Crippen molar-refractivity contribution in [2.24, 2.45) is 0 Å². The Hall–Kier alpha value is -2.01. The Bertz CT molecular complexity index is 693. The van der Waals surface area contributed by atoms with Crippen molar-refractivity contribution in [2.45, 2.75) is 19.3 Å². The molecule has 0 saturated heterocycles. The zero-order valence-electron chi connectivity index (χ0n) is 12.2. The van der Waals surface area contributed by atoms with E-state index < -0.39 is 0 Å². The second-order valence-electron chi connectivity index (χ2n) is 5.05. The summed E-state index contributed by atoms with van der Waals surface area (Å²) in [6.07, 6.45) is 0.461. The number of rotatable bonds is 3. The van der Waals surface area contributed by atoms with Gasteiger partial charge in [0.05, 0.1) is 14.2 Å². The molecule has 4 nitrogen and oxygen atoms in total. The van der Waals surface area contributed by atoms with Gasteiger partial charge in [-0.05, 0) is 30.7 Å². The molecule has 2 heterocycles. The Kier molecular flexibility index (Phi) is 3.59. The molecule has 1 atom stereocenters. The third-order valence-corrected chi connectivity index (χ3v) is 4.81. The minimum atomic E-state index is 0.0331. The molecule has 110 valence electrons. The number of hydrogen-bond donors (Lipinski definition) is 1. The lowest BCUT2D eigenvalue weighted by Crippen LogP contribution is -2.23. The first kappa shape index (κ1) is 13.9. The molecular formula is C16H17NO3S. The van der Waals surface area contributed by atoms with Crippen LogP contribution in [-0.2, 0) is 4.79 Å². The number of anilines is 1. The molecule has 2 aromatic rings. The highest BCUT2D eigenvalue weighted by molar-refractivity contribution is 7.12. The van der Waals surface area contributed by atoms with Crippen LogP contribution in [0.1, 0.15) is 27.7 Å². The van der Waals surface area contributed by atoms with Crippen molar-refractivity contribution >= 4 is 22.9 Å². The summed E-state index contributed by atoms with van der Waals surface area (Å²) in [6.45, 7) is 2.08. The van der Waals surface area contributed by atoms with E-state index in [0.29, 0.717) is 17.9 Å². The highest BCUT2D eigenvalue weighted by Crippen LogP contribution is 2.44. The second kappa shape index (κ2) is 5.41. The van der Waals surface area contributed by atoms with Crippen molar-refractivity contribution in [3.63, 3.8) is 0 Å². The monoisotopic (exact) mass is 303 g/mol. The van der Waals surface area contributed by atoms with Gasteiger partial charge in [-0.1, -0.05) is 0 Å². The molecule has 1 aromatic heterocycles. The summed E-state index contributed by atoms with van der Waals surface area (Å²) < 4.78 is 10.7. The lowest BCUT2D eigenvalue weighted by molar-refractivity contribution is -0.116. The molecule has 1 aliphatic rings. The fraction of sp³-hybridized carbons (Fsp3) is 0.312. The number of aryl methyl sites for hydroxylation is 1. The number of fused-ring (bicyclic) bond motifs is 1. The van der Waals surface area contributed by atoms with Crippen molar-refractivity contribution in [2.75, 3.05) is 19.5 Å². The van der Waals surface area contributed by atoms with Gasteiger partial charge in [-0.3, -0.25) is 4.79 Å². The van der Waals surface area contributed by atoms with Gasteiger partial charge >= 0.3 is 0 Å². The standard InChI is InChI=1S/C16H17NO3S/c1-9-4-5-15(21-9)11-7-16(18)17-12-8-14(20-3)13(19-2)6-10(11)12/h4-6,8,11H,7H2,1-3H3,(H,17,18)/t11-/m1/s1. The summed E-state index contributed by atoms with van der Waals surface area (Å²) in [7, 11) is 3.21. The van der Waals surface area contributed by atoms with Crippen LogP contribution >= 0.6 is 11.3 Å². The Morgan fingerprint density at radius 3 is 2.52 bits per heavy atom. The Morgan fingerprint density at radius 2 is 1.90 bits per heavy atom. The summed E-state index contributed by atoms with van der Waals surface area (Å²) in [6, 6.07) is 7.99. The normalized spacial score (nSPS) is 17.1. The largest absolute Gasteiger partial charge is 0.493 e. The Balaban J connectivity index is 2.12. The van der Waals surface area contributed by atoms with Crippen LogP contribution in [-0.4, -0.2) is 20.1 Å². The molecule has 1 aliphatic heterocycles. The molecule has 21 heavy (non-hydrogen) atoms. The van der Waals surface area contributed by atoms with Crippen molar-refractivity contribution in [1.82, 2.24) is 0 Å². The number of hydrogen-bond acceptors (Lipinski definition) is 4. The maximum Gasteiger partial charge on any atom is 0.225 e. The first-order valence-electron chi connectivity index (χ1n) is 6.74. The molecule has 1 aromatic carbocycles. The first-order chi connectivity index (χ1) is 10.1. The third kappa shape index (κ3) is 2.49. The van der Waals surface area contributed by atoms with Gasteiger partial charge in [0.15, 0.2) is 11.5 Å². The van der Waals surface area contributed by atoms with Gasteiger partial charge in [0, 0.05) is 33.8 Å². The van der Waals surface area contributed by atoms with Crippen LogP contribution in [0.15, 0.2) is 24.3 Å². The molecule has 0 bridgehead atoms. The number of benzene rings is 1. The molecule has 0 spiro atoms. The summed E-state index contributed by atoms with van der Waals surface area (Å²) in [5.41, 5.74) is 1.88. The molecule has 0 unspecified atom stereocenters. The van der Waals surface area contributed by atoms with Gasteiger partial charge in [0.1, 0.15) is 0 Å². The zero-order valence-corrected chi connectivity index (χ0v) is 13.0. The van der Waals surface area contributed by atoms with E-state index in [0.717, 1.165) is 11.3 Å². The number of nitrogens with one attached hydrogen (secondary N) is 1. The molecule has 1 N–H and O–H groups in total. The average Bonchev–Trinajstić information content (AvgIpc) is 2.91. The van der Waals surface area contributed by atoms with Gasteiger partial charge in [-0.25, -0.2) is 0 Å². The number of carbonyl (C=O) groups excluding carboxylic acids is 1. The lowest BCUT2D eigenvalue weighted by Gasteiger charge is -2.26. The van der Waals surface area contributed by atoms with Gasteiger partial charge in [-0.2, -0.15) is 0 Å². The van der Waals surface area contributed by atoms with Crippen LogP contribution < -0.4 is 14.8 Å². The molecule has 1 amide bonds. The van der Waals surface area contributed by atoms with Crippen LogP contribution in [0.4, 0.5) is 5.69 Å². The molecule has 0 saturated carbocycles. The summed E-state index contributed by atoms with van der Waals surface area (Å²) in [4.78, 5) is 14.4. The second-order valence-corrected chi connectivity index (χ2v) is 6.37. The predicted molar refractivity (Wildman–Crippen MR) is 83.7 cm³/mol. The molecule has 5 heteroatoms. The van der Waals surface area contributed by atoms with Gasteiger partial charge in [0.2, 0.25) is 5.91 Å². The first-order valence-corrected chi connectivity index (χ1v) is 7.56. The third-order valence-electron chi connectivity index (χ3n) is 3.70. The molecule has 3 rings (SSSR count). The van der Waals surface area contributed by atoms with E-state index >= 15 is 0 Å². The molecule has 0 aliphatic carbocycles. The molecule has 0 fully saturated rings. The highest BCUT2D eigenvalue weighted by atomic mass is 32.1. The summed E-state index contributed by atoms with van der Waals surface area (Å²) in [5.74, 6) is 1.42. The fourth-order valence-corrected chi connectivity index (χ4v) is 3.68. The van der Waals surface area contributed by atoms with Crippen LogP contribution in [0.2, 0.25) is 0 Å². The Labute approximate surface area is 127 Å². The zero-order chi connectivity index (χ0) is 15.0. The van der Waals surface area contributed by atoms with Crippen molar-refractivity contribution in [3.8, 4) is 11.5 Å². The molecular weight excluding hydrogens is 286 g/mol. The van der Waals surface area contributed by atoms with Gasteiger partial charge < -0.3 is 14.8 Å². The highest BCUT2D eigenvalue weighted by Gasteiger charge is 2.29. The number of methoxy groups -OCH3 is 2. The predicted octanol–water partition coefficient (Wildman–Crippen LogP) is 3.55. The van der Waals surface area contributed by atoms with E-state index in [4.69, 9.17) is 9.47 Å². The maximum absolute atomic E-state index is 12.0. The average molecular weight is 303 g/mol. The van der Waals surface area contributed by atoms with E-state index in [1.54, 1.807) is 25.6 Å². The van der Waals surface area contributed by atoms with Crippen LogP contribution in [0.3, 0.4) is 0 Å². The van der Waals surface area contributed by atoms with Crippen molar-refractivity contribution < 1.29 is 14.3 Å². The fourth-order valence-electron chi connectivity index (χ4n) is 2.68. The van der Waals surface area contributed by atoms with Crippen LogP contribution in [0.25, 0.3) is 0 Å². The van der Waals surface area contributed by atoms with E-state index in [9.17, 15) is 4.79 Å². The smallest absolute Gasteiger partial charge is 0.225 e. The van der Waals surface area contributed by atoms with E-state index in [1.165, 1.54) is 9.75 Å². The lowest BCUT2D eigenvalue weighted by atomic mass is 9.89. The summed E-state index contributed by atoms with van der Waals surface area (Å²) >= 11 is 1.73. The number of carbonyl (C=O) groups is 1. The van der Waals surface area contributed by atoms with Crippen LogP contribution in [0.5, 0.6) is 11.5 Å². The van der Waals surface area contributed by atoms with E-state index in [2.05, 4.69) is 24.4 Å². The molecule has 0 radical (unpaired) electrons. The number of thiophene rings is 1. The van der Waals surface area contributed by atoms with Crippen molar-refractivity contribution in [3.05, 3.63) is 39.6 Å². The minimum Gasteiger partial charge on any atom is -0.493 e. The topological polar surface area (TPSA) is 47.6 Å². The minimum absolute atomic E-state index is 0.0331. The Morgan fingerprint density at radius 1 is 1.19 bits per heavy atom. The van der Waals surface area contributed by atoms with Crippen molar-refractivity contribution in [1.29, 1.82) is 0 Å². The van der Waals surface area contributed by atoms with E-state index in [1.807, 2.05) is 12.1 Å². The maximum atomic E-state index is 12.0. The SMILES string of the molecule is COc1cc2c(cc1OC)[C@H](c1ccc(C)s1)CC(=O)N2. The van der Waals surface area contributed by atoms with Gasteiger partial charge in [-0.15, -0.1) is 11.3 Å².